The molecule has 94 valence electrons. The number of aromatic carboxylic acids is 1. The summed E-state index contributed by atoms with van der Waals surface area (Å²) in [4.78, 5) is 27.0. The van der Waals surface area contributed by atoms with Crippen molar-refractivity contribution < 1.29 is 14.7 Å². The zero-order valence-electron chi connectivity index (χ0n) is 10.5. The largest absolute Gasteiger partial charge is 0.478 e. The summed E-state index contributed by atoms with van der Waals surface area (Å²) in [6, 6.07) is 2.98. The lowest BCUT2D eigenvalue weighted by Crippen LogP contribution is -2.15. The van der Waals surface area contributed by atoms with Gasteiger partial charge in [-0.1, -0.05) is 0 Å². The van der Waals surface area contributed by atoms with Crippen molar-refractivity contribution in [2.24, 2.45) is 0 Å². The SMILES string of the molecule is CC(=O)C(C)n1c(C)c(C(=O)O)c2cccnc21. The molecule has 0 aliphatic rings. The zero-order chi connectivity index (χ0) is 13.4. The average Bonchev–Trinajstić information content (AvgIpc) is 2.60. The van der Waals surface area contributed by atoms with Gasteiger partial charge >= 0.3 is 5.97 Å². The number of ketones is 1. The Hall–Kier alpha value is -2.17. The van der Waals surface area contributed by atoms with Crippen molar-refractivity contribution in [3.8, 4) is 0 Å². The van der Waals surface area contributed by atoms with Crippen LogP contribution in [-0.2, 0) is 4.79 Å². The highest BCUT2D eigenvalue weighted by atomic mass is 16.4. The van der Waals surface area contributed by atoms with Crippen LogP contribution in [0.4, 0.5) is 0 Å². The minimum atomic E-state index is -1.000. The first-order valence-corrected chi connectivity index (χ1v) is 5.64. The number of carboxylic acids is 1. The molecule has 0 aromatic carbocycles. The van der Waals surface area contributed by atoms with Crippen LogP contribution < -0.4 is 0 Å². The van der Waals surface area contributed by atoms with Gasteiger partial charge < -0.3 is 9.67 Å². The van der Waals surface area contributed by atoms with E-state index in [9.17, 15) is 14.7 Å². The number of nitrogens with zero attached hydrogens (tertiary/aromatic N) is 2. The number of hydrogen-bond donors (Lipinski definition) is 1. The molecule has 0 spiro atoms. The molecule has 1 N–H and O–H groups in total. The molecule has 0 aliphatic heterocycles. The summed E-state index contributed by atoms with van der Waals surface area (Å²) in [6.45, 7) is 4.93. The van der Waals surface area contributed by atoms with E-state index in [0.29, 0.717) is 16.7 Å². The summed E-state index contributed by atoms with van der Waals surface area (Å²) in [7, 11) is 0. The molecule has 5 heteroatoms. The van der Waals surface area contributed by atoms with Crippen LogP contribution in [0.3, 0.4) is 0 Å². The molecule has 0 saturated carbocycles. The Morgan fingerprint density at radius 3 is 2.67 bits per heavy atom. The van der Waals surface area contributed by atoms with Crippen molar-refractivity contribution in [3.05, 3.63) is 29.6 Å². The third-order valence-corrected chi connectivity index (χ3v) is 3.20. The van der Waals surface area contributed by atoms with Gasteiger partial charge in [0.25, 0.3) is 0 Å². The summed E-state index contributed by atoms with van der Waals surface area (Å²) in [5.41, 5.74) is 1.31. The second kappa shape index (κ2) is 4.25. The molecule has 1 unspecified atom stereocenters. The fourth-order valence-electron chi connectivity index (χ4n) is 2.18. The van der Waals surface area contributed by atoms with Gasteiger partial charge in [0, 0.05) is 17.3 Å². The zero-order valence-corrected chi connectivity index (χ0v) is 10.5. The normalized spacial score (nSPS) is 12.6. The van der Waals surface area contributed by atoms with E-state index < -0.39 is 12.0 Å². The fourth-order valence-corrected chi connectivity index (χ4v) is 2.18. The summed E-state index contributed by atoms with van der Waals surface area (Å²) < 4.78 is 1.68. The van der Waals surface area contributed by atoms with E-state index in [2.05, 4.69) is 4.98 Å². The van der Waals surface area contributed by atoms with E-state index in [4.69, 9.17) is 0 Å². The third-order valence-electron chi connectivity index (χ3n) is 3.20. The Morgan fingerprint density at radius 2 is 2.11 bits per heavy atom. The van der Waals surface area contributed by atoms with Gasteiger partial charge in [0.15, 0.2) is 5.78 Å². The summed E-state index contributed by atoms with van der Waals surface area (Å²) >= 11 is 0. The summed E-state index contributed by atoms with van der Waals surface area (Å²) in [5.74, 6) is -1.03. The number of rotatable bonds is 3. The number of hydrogen-bond acceptors (Lipinski definition) is 3. The number of pyridine rings is 1. The van der Waals surface area contributed by atoms with Crippen molar-refractivity contribution in [1.29, 1.82) is 0 Å². The van der Waals surface area contributed by atoms with Crippen LogP contribution in [0.25, 0.3) is 11.0 Å². The molecule has 0 saturated heterocycles. The first-order valence-electron chi connectivity index (χ1n) is 5.64. The van der Waals surface area contributed by atoms with Crippen molar-refractivity contribution in [3.63, 3.8) is 0 Å². The predicted molar refractivity (Wildman–Crippen MR) is 66.8 cm³/mol. The van der Waals surface area contributed by atoms with Crippen LogP contribution in [0, 0.1) is 6.92 Å². The number of fused-ring (bicyclic) bond motifs is 1. The summed E-state index contributed by atoms with van der Waals surface area (Å²) in [5, 5.41) is 9.84. The topological polar surface area (TPSA) is 72.2 Å². The van der Waals surface area contributed by atoms with Gasteiger partial charge in [0.2, 0.25) is 0 Å². The van der Waals surface area contributed by atoms with E-state index in [1.807, 2.05) is 0 Å². The molecule has 2 rings (SSSR count). The minimum Gasteiger partial charge on any atom is -0.478 e. The molecular formula is C13H14N2O3. The quantitative estimate of drug-likeness (QED) is 0.901. The van der Waals surface area contributed by atoms with Crippen LogP contribution in [-0.4, -0.2) is 26.4 Å². The van der Waals surface area contributed by atoms with E-state index in [0.717, 1.165) is 0 Å². The number of carboxylic acid groups (broad SMARTS) is 1. The van der Waals surface area contributed by atoms with Gasteiger partial charge in [0.05, 0.1) is 11.6 Å². The van der Waals surface area contributed by atoms with Crippen LogP contribution in [0.1, 0.15) is 35.9 Å². The minimum absolute atomic E-state index is 0.0300. The molecule has 2 aromatic rings. The van der Waals surface area contributed by atoms with Crippen LogP contribution in [0.15, 0.2) is 18.3 Å². The molecule has 2 heterocycles. The predicted octanol–water partition coefficient (Wildman–Crippen LogP) is 2.19. The molecule has 0 radical (unpaired) electrons. The van der Waals surface area contributed by atoms with Gasteiger partial charge in [-0.15, -0.1) is 0 Å². The second-order valence-electron chi connectivity index (χ2n) is 4.30. The van der Waals surface area contributed by atoms with Gasteiger partial charge in [-0.3, -0.25) is 4.79 Å². The summed E-state index contributed by atoms with van der Waals surface area (Å²) in [6.07, 6.45) is 1.59. The van der Waals surface area contributed by atoms with Gasteiger partial charge in [0.1, 0.15) is 5.65 Å². The van der Waals surface area contributed by atoms with Gasteiger partial charge in [-0.25, -0.2) is 9.78 Å². The maximum Gasteiger partial charge on any atom is 0.338 e. The maximum absolute atomic E-state index is 11.5. The monoisotopic (exact) mass is 246 g/mol. The maximum atomic E-state index is 11.5. The molecule has 0 amide bonds. The van der Waals surface area contributed by atoms with E-state index in [-0.39, 0.29) is 11.3 Å². The van der Waals surface area contributed by atoms with Gasteiger partial charge in [-0.05, 0) is 32.9 Å². The van der Waals surface area contributed by atoms with E-state index in [1.54, 1.807) is 36.7 Å². The number of aromatic nitrogens is 2. The van der Waals surface area contributed by atoms with Crippen LogP contribution in [0.2, 0.25) is 0 Å². The number of Topliss-reactive ketones (excluding diaryl/α,β-unsaturated/α-hetero) is 1. The van der Waals surface area contributed by atoms with Gasteiger partial charge in [-0.2, -0.15) is 0 Å². The lowest BCUT2D eigenvalue weighted by molar-refractivity contribution is -0.119. The van der Waals surface area contributed by atoms with Crippen molar-refractivity contribution >= 4 is 22.8 Å². The Bertz CT molecular complexity index is 643. The Kier molecular flexibility index (Phi) is 2.90. The Morgan fingerprint density at radius 1 is 1.44 bits per heavy atom. The lowest BCUT2D eigenvalue weighted by atomic mass is 10.2. The van der Waals surface area contributed by atoms with E-state index >= 15 is 0 Å². The highest BCUT2D eigenvalue weighted by Gasteiger charge is 2.24. The van der Waals surface area contributed by atoms with Crippen LogP contribution in [0.5, 0.6) is 0 Å². The Labute approximate surface area is 104 Å². The van der Waals surface area contributed by atoms with E-state index in [1.165, 1.54) is 6.92 Å². The molecule has 0 bridgehead atoms. The first kappa shape index (κ1) is 12.3. The number of carbonyl (C=O) groups is 2. The van der Waals surface area contributed by atoms with Crippen LogP contribution >= 0.6 is 0 Å². The molecule has 1 atom stereocenters. The smallest absolute Gasteiger partial charge is 0.338 e. The molecule has 0 fully saturated rings. The van der Waals surface area contributed by atoms with Crippen molar-refractivity contribution in [2.75, 3.05) is 0 Å². The fraction of sp³-hybridized carbons (Fsp3) is 0.308. The highest BCUT2D eigenvalue weighted by Crippen LogP contribution is 2.27. The van der Waals surface area contributed by atoms with Crippen molar-refractivity contribution in [2.45, 2.75) is 26.8 Å². The number of carbonyl (C=O) groups excluding carboxylic acids is 1. The first-order chi connectivity index (χ1) is 8.45. The van der Waals surface area contributed by atoms with Crippen molar-refractivity contribution in [1.82, 2.24) is 9.55 Å². The molecule has 18 heavy (non-hydrogen) atoms. The molecule has 0 aliphatic carbocycles. The highest BCUT2D eigenvalue weighted by molar-refractivity contribution is 6.04. The lowest BCUT2D eigenvalue weighted by Gasteiger charge is -2.13. The molecule has 5 nitrogen and oxygen atoms in total. The third kappa shape index (κ3) is 1.68. The molecule has 2 aromatic heterocycles. The molecular weight excluding hydrogens is 232 g/mol. The Balaban J connectivity index is 2.85. The standard InChI is InChI=1S/C13H14N2O3/c1-7(9(3)16)15-8(2)11(13(17)18)10-5-4-6-14-12(10)15/h4-7H,1-3H3,(H,17,18). The average molecular weight is 246 g/mol. The second-order valence-corrected chi connectivity index (χ2v) is 4.30.